The lowest BCUT2D eigenvalue weighted by Crippen LogP contribution is -2.16. The Kier molecular flexibility index (Phi) is 4.85. The Bertz CT molecular complexity index is 927. The lowest BCUT2D eigenvalue weighted by Gasteiger charge is -2.07. The highest BCUT2D eigenvalue weighted by molar-refractivity contribution is 7.92. The van der Waals surface area contributed by atoms with E-state index in [1.54, 1.807) is 17.1 Å². The van der Waals surface area contributed by atoms with E-state index in [1.807, 2.05) is 25.1 Å². The zero-order valence-electron chi connectivity index (χ0n) is 13.6. The van der Waals surface area contributed by atoms with Gasteiger partial charge in [0.15, 0.2) is 0 Å². The topological polar surface area (TPSA) is 64.0 Å². The van der Waals surface area contributed by atoms with Gasteiger partial charge >= 0.3 is 0 Å². The number of sulfonamides is 1. The van der Waals surface area contributed by atoms with Gasteiger partial charge in [0.25, 0.3) is 0 Å². The van der Waals surface area contributed by atoms with Crippen molar-refractivity contribution in [1.29, 1.82) is 0 Å². The van der Waals surface area contributed by atoms with Gasteiger partial charge in [-0.2, -0.15) is 5.10 Å². The van der Waals surface area contributed by atoms with Crippen LogP contribution in [0.25, 0.3) is 10.8 Å². The quantitative estimate of drug-likeness (QED) is 0.712. The maximum atomic E-state index is 12.0. The highest BCUT2D eigenvalue weighted by atomic mass is 32.2. The van der Waals surface area contributed by atoms with Gasteiger partial charge in [-0.05, 0) is 22.8 Å². The summed E-state index contributed by atoms with van der Waals surface area (Å²) in [7, 11) is -3.29. The van der Waals surface area contributed by atoms with E-state index >= 15 is 0 Å². The Morgan fingerprint density at radius 2 is 1.92 bits per heavy atom. The van der Waals surface area contributed by atoms with E-state index in [0.29, 0.717) is 18.7 Å². The molecule has 0 aliphatic rings. The number of hydrogen-bond donors (Lipinski definition) is 1. The molecular weight excluding hydrogens is 322 g/mol. The van der Waals surface area contributed by atoms with Crippen LogP contribution in [-0.2, 0) is 16.6 Å². The first kappa shape index (κ1) is 16.5. The van der Waals surface area contributed by atoms with Crippen LogP contribution in [-0.4, -0.2) is 24.0 Å². The number of rotatable bonds is 7. The van der Waals surface area contributed by atoms with E-state index in [-0.39, 0.29) is 5.75 Å². The Labute approximate surface area is 142 Å². The Hall–Kier alpha value is -2.34. The van der Waals surface area contributed by atoms with Gasteiger partial charge in [0, 0.05) is 6.20 Å². The number of unbranched alkanes of at least 4 members (excludes halogenated alkanes) is 1. The van der Waals surface area contributed by atoms with Crippen molar-refractivity contribution in [2.24, 2.45) is 0 Å². The fourth-order valence-electron chi connectivity index (χ4n) is 2.67. The Balaban J connectivity index is 1.76. The molecule has 3 rings (SSSR count). The monoisotopic (exact) mass is 343 g/mol. The minimum Gasteiger partial charge on any atom is -0.280 e. The van der Waals surface area contributed by atoms with Crippen LogP contribution < -0.4 is 4.72 Å². The van der Waals surface area contributed by atoms with Crippen LogP contribution in [0.1, 0.15) is 25.3 Å². The highest BCUT2D eigenvalue weighted by Gasteiger charge is 2.11. The third-order valence-electron chi connectivity index (χ3n) is 3.89. The van der Waals surface area contributed by atoms with E-state index in [4.69, 9.17) is 0 Å². The van der Waals surface area contributed by atoms with Gasteiger partial charge in [0.1, 0.15) is 0 Å². The van der Waals surface area contributed by atoms with Crippen molar-refractivity contribution < 1.29 is 8.42 Å². The minimum absolute atomic E-state index is 0.137. The number of nitrogens with one attached hydrogen (secondary N) is 1. The second kappa shape index (κ2) is 7.05. The van der Waals surface area contributed by atoms with E-state index in [0.717, 1.165) is 12.0 Å². The number of anilines is 1. The first-order valence-electron chi connectivity index (χ1n) is 8.07. The molecule has 24 heavy (non-hydrogen) atoms. The van der Waals surface area contributed by atoms with Crippen molar-refractivity contribution in [2.75, 3.05) is 10.5 Å². The molecule has 0 radical (unpaired) electrons. The first-order valence-corrected chi connectivity index (χ1v) is 9.72. The summed E-state index contributed by atoms with van der Waals surface area (Å²) < 4.78 is 28.2. The van der Waals surface area contributed by atoms with E-state index in [2.05, 4.69) is 34.1 Å². The highest BCUT2D eigenvalue weighted by Crippen LogP contribution is 2.20. The summed E-state index contributed by atoms with van der Waals surface area (Å²) in [6.45, 7) is 2.57. The molecule has 3 aromatic rings. The molecular formula is C18H21N3O2S. The molecule has 0 bridgehead atoms. The number of benzene rings is 2. The average Bonchev–Trinajstić information content (AvgIpc) is 2.99. The Morgan fingerprint density at radius 3 is 2.75 bits per heavy atom. The predicted octanol–water partition coefficient (Wildman–Crippen LogP) is 3.63. The molecule has 0 atom stereocenters. The van der Waals surface area contributed by atoms with Crippen LogP contribution in [0.15, 0.2) is 54.9 Å². The molecule has 0 saturated heterocycles. The molecule has 1 N–H and O–H groups in total. The molecule has 0 spiro atoms. The van der Waals surface area contributed by atoms with Crippen LogP contribution >= 0.6 is 0 Å². The van der Waals surface area contributed by atoms with Gasteiger partial charge in [0.2, 0.25) is 10.0 Å². The molecule has 0 saturated carbocycles. The fourth-order valence-corrected chi connectivity index (χ4v) is 3.91. The van der Waals surface area contributed by atoms with Gasteiger partial charge in [-0.1, -0.05) is 55.8 Å². The van der Waals surface area contributed by atoms with Gasteiger partial charge in [-0.3, -0.25) is 9.40 Å². The molecule has 0 fully saturated rings. The second-order valence-electron chi connectivity index (χ2n) is 5.84. The second-order valence-corrected chi connectivity index (χ2v) is 7.68. The summed E-state index contributed by atoms with van der Waals surface area (Å²) in [5.41, 5.74) is 1.66. The van der Waals surface area contributed by atoms with E-state index < -0.39 is 10.0 Å². The minimum atomic E-state index is -3.29. The van der Waals surface area contributed by atoms with Crippen LogP contribution in [0, 0.1) is 0 Å². The van der Waals surface area contributed by atoms with Crippen molar-refractivity contribution >= 4 is 26.5 Å². The number of hydrogen-bond acceptors (Lipinski definition) is 3. The molecule has 0 amide bonds. The predicted molar refractivity (Wildman–Crippen MR) is 97.6 cm³/mol. The molecule has 126 valence electrons. The normalized spacial score (nSPS) is 11.7. The third-order valence-corrected chi connectivity index (χ3v) is 5.26. The van der Waals surface area contributed by atoms with Crippen molar-refractivity contribution in [3.8, 4) is 0 Å². The molecule has 0 aliphatic heterocycles. The van der Waals surface area contributed by atoms with Crippen LogP contribution in [0.3, 0.4) is 0 Å². The maximum Gasteiger partial charge on any atom is 0.232 e. The van der Waals surface area contributed by atoms with Crippen LogP contribution in [0.4, 0.5) is 5.69 Å². The molecule has 0 unspecified atom stereocenters. The van der Waals surface area contributed by atoms with Gasteiger partial charge in [0.05, 0.1) is 24.2 Å². The van der Waals surface area contributed by atoms with Crippen molar-refractivity contribution in [2.45, 2.75) is 26.3 Å². The molecule has 0 aliphatic carbocycles. The lowest BCUT2D eigenvalue weighted by atomic mass is 10.0. The average molecular weight is 343 g/mol. The van der Waals surface area contributed by atoms with Gasteiger partial charge in [-0.15, -0.1) is 0 Å². The zero-order valence-corrected chi connectivity index (χ0v) is 14.5. The van der Waals surface area contributed by atoms with E-state index in [1.165, 1.54) is 10.8 Å². The van der Waals surface area contributed by atoms with Crippen LogP contribution in [0.2, 0.25) is 0 Å². The van der Waals surface area contributed by atoms with E-state index in [9.17, 15) is 8.42 Å². The fraction of sp³-hybridized carbons (Fsp3) is 0.278. The van der Waals surface area contributed by atoms with Crippen molar-refractivity contribution in [3.05, 3.63) is 60.4 Å². The number of nitrogens with zero attached hydrogens (tertiary/aromatic N) is 2. The van der Waals surface area contributed by atoms with Crippen LogP contribution in [0.5, 0.6) is 0 Å². The third kappa shape index (κ3) is 3.94. The molecule has 1 aromatic heterocycles. The SMILES string of the molecule is CCCCS(=O)(=O)Nc1cnn(Cc2cccc3ccccc23)c1. The molecule has 1 heterocycles. The lowest BCUT2D eigenvalue weighted by molar-refractivity contribution is 0.598. The number of fused-ring (bicyclic) bond motifs is 1. The van der Waals surface area contributed by atoms with Crippen molar-refractivity contribution in [1.82, 2.24) is 9.78 Å². The standard InChI is InChI=1S/C18H21N3O2S/c1-2-3-11-24(22,23)20-17-12-19-21(14-17)13-16-9-6-8-15-7-4-5-10-18(15)16/h4-10,12,14,20H,2-3,11,13H2,1H3. The van der Waals surface area contributed by atoms with Crippen molar-refractivity contribution in [3.63, 3.8) is 0 Å². The maximum absolute atomic E-state index is 12.0. The summed E-state index contributed by atoms with van der Waals surface area (Å²) in [5.74, 6) is 0.137. The Morgan fingerprint density at radius 1 is 1.12 bits per heavy atom. The zero-order chi connectivity index (χ0) is 17.0. The molecule has 2 aromatic carbocycles. The van der Waals surface area contributed by atoms with Gasteiger partial charge in [-0.25, -0.2) is 8.42 Å². The summed E-state index contributed by atoms with van der Waals surface area (Å²) in [6.07, 6.45) is 4.78. The number of aromatic nitrogens is 2. The first-order chi connectivity index (χ1) is 11.6. The molecule has 6 heteroatoms. The summed E-state index contributed by atoms with van der Waals surface area (Å²) in [5, 5.41) is 6.64. The summed E-state index contributed by atoms with van der Waals surface area (Å²) in [6, 6.07) is 14.4. The summed E-state index contributed by atoms with van der Waals surface area (Å²) >= 11 is 0. The molecule has 5 nitrogen and oxygen atoms in total. The smallest absolute Gasteiger partial charge is 0.232 e. The largest absolute Gasteiger partial charge is 0.280 e. The van der Waals surface area contributed by atoms with Gasteiger partial charge < -0.3 is 0 Å². The summed E-state index contributed by atoms with van der Waals surface area (Å²) in [4.78, 5) is 0.